The fraction of sp³-hybridized carbons (Fsp3) is 1.00. The summed E-state index contributed by atoms with van der Waals surface area (Å²) in [6.45, 7) is 0. The molecule has 0 aromatic heterocycles. The molecule has 0 atom stereocenters. The van der Waals surface area contributed by atoms with E-state index in [2.05, 4.69) is 9.05 Å². The molecule has 0 fully saturated rings. The predicted molar refractivity (Wildman–Crippen MR) is 23.8 cm³/mol. The van der Waals surface area contributed by atoms with Gasteiger partial charge in [-0.15, -0.1) is 0 Å². The first kappa shape index (κ1) is 11.6. The fourth-order valence-electron chi connectivity index (χ4n) is 0.0745. The van der Waals surface area contributed by atoms with Crippen molar-refractivity contribution in [1.29, 1.82) is 0 Å². The molecular weight excluding hydrogens is 300 g/mol. The Morgan fingerprint density at radius 2 is 1.62 bits per heavy atom. The average molecular weight is 307 g/mol. The molecule has 0 saturated carbocycles. The Bertz CT molecular complexity index is 86.0. The maximum absolute atomic E-state index is 10.1. The third-order valence-electron chi connectivity index (χ3n) is 0.461. The summed E-state index contributed by atoms with van der Waals surface area (Å²) < 4.78 is 18.0. The average Bonchev–Trinajstić information content (AvgIpc) is 1.68. The van der Waals surface area contributed by atoms with Crippen LogP contribution in [0.2, 0.25) is 0 Å². The van der Waals surface area contributed by atoms with Gasteiger partial charge in [0.25, 0.3) is 0 Å². The summed E-state index contributed by atoms with van der Waals surface area (Å²) in [5, 5.41) is 0. The van der Waals surface area contributed by atoms with Gasteiger partial charge in [0.2, 0.25) is 0 Å². The Kier molecular flexibility index (Phi) is 6.83. The molecular formula is C2H7O4PTa. The van der Waals surface area contributed by atoms with Crippen LogP contribution in [0.3, 0.4) is 0 Å². The second kappa shape index (κ2) is 4.70. The van der Waals surface area contributed by atoms with Crippen molar-refractivity contribution in [3.63, 3.8) is 0 Å². The first-order valence-electron chi connectivity index (χ1n) is 1.56. The first-order valence-corrected chi connectivity index (χ1v) is 3.06. The van der Waals surface area contributed by atoms with Gasteiger partial charge in [-0.25, -0.2) is 4.57 Å². The minimum Gasteiger partial charge on any atom is -0.303 e. The first-order chi connectivity index (χ1) is 3.12. The van der Waals surface area contributed by atoms with Crippen LogP contribution in [0.25, 0.3) is 0 Å². The molecule has 0 saturated heterocycles. The minimum atomic E-state index is -3.65. The smallest absolute Gasteiger partial charge is 0.303 e. The van der Waals surface area contributed by atoms with Gasteiger partial charge < -0.3 is 4.89 Å². The molecule has 0 spiro atoms. The SMILES string of the molecule is COP(=O)(O)OC.[Ta]. The molecule has 1 N–H and O–H groups in total. The quantitative estimate of drug-likeness (QED) is 0.749. The minimum absolute atomic E-state index is 0. The molecule has 6 heteroatoms. The molecule has 0 aromatic rings. The van der Waals surface area contributed by atoms with E-state index in [-0.39, 0.29) is 22.4 Å². The summed E-state index contributed by atoms with van der Waals surface area (Å²) in [6.07, 6.45) is 0. The van der Waals surface area contributed by atoms with Crippen molar-refractivity contribution in [2.24, 2.45) is 0 Å². The number of hydrogen-bond donors (Lipinski definition) is 1. The third-order valence-corrected chi connectivity index (χ3v) is 1.38. The normalized spacial score (nSPS) is 10.4. The van der Waals surface area contributed by atoms with Crippen LogP contribution in [0.5, 0.6) is 0 Å². The van der Waals surface area contributed by atoms with Crippen LogP contribution in [0.1, 0.15) is 0 Å². The van der Waals surface area contributed by atoms with E-state index in [1.807, 2.05) is 0 Å². The fourth-order valence-corrected chi connectivity index (χ4v) is 0.224. The number of phosphoric acid groups is 1. The molecule has 0 amide bonds. The largest absolute Gasteiger partial charge is 0.471 e. The summed E-state index contributed by atoms with van der Waals surface area (Å²) in [6, 6.07) is 0. The Labute approximate surface area is 63.3 Å². The number of phosphoric ester groups is 1. The van der Waals surface area contributed by atoms with E-state index in [0.717, 1.165) is 14.2 Å². The summed E-state index contributed by atoms with van der Waals surface area (Å²) in [7, 11) is -1.45. The van der Waals surface area contributed by atoms with Gasteiger partial charge in [-0.05, 0) is 0 Å². The summed E-state index contributed by atoms with van der Waals surface area (Å²) >= 11 is 0. The third kappa shape index (κ3) is 5.00. The van der Waals surface area contributed by atoms with Crippen LogP contribution in [-0.2, 0) is 36.0 Å². The van der Waals surface area contributed by atoms with Crippen molar-refractivity contribution in [1.82, 2.24) is 0 Å². The Balaban J connectivity index is 0. The van der Waals surface area contributed by atoms with Gasteiger partial charge in [0.15, 0.2) is 0 Å². The van der Waals surface area contributed by atoms with E-state index < -0.39 is 7.82 Å². The molecule has 4 nitrogen and oxygen atoms in total. The summed E-state index contributed by atoms with van der Waals surface area (Å²) in [5.41, 5.74) is 0. The van der Waals surface area contributed by atoms with Gasteiger partial charge in [-0.2, -0.15) is 0 Å². The molecule has 0 heterocycles. The number of rotatable bonds is 2. The van der Waals surface area contributed by atoms with Gasteiger partial charge in [0, 0.05) is 36.6 Å². The molecule has 0 aromatic carbocycles. The van der Waals surface area contributed by atoms with Crippen molar-refractivity contribution in [2.75, 3.05) is 14.2 Å². The van der Waals surface area contributed by atoms with Crippen molar-refractivity contribution < 1.29 is 40.9 Å². The predicted octanol–water partition coefficient (Wildman–Crippen LogP) is 0.377. The van der Waals surface area contributed by atoms with Crippen molar-refractivity contribution in [3.05, 3.63) is 0 Å². The molecule has 0 unspecified atom stereocenters. The maximum Gasteiger partial charge on any atom is 0.471 e. The molecule has 0 rings (SSSR count). The standard InChI is InChI=1S/C2H7O4P.Ta/c1-5-7(3,4)6-2;/h1-2H3,(H,3,4);. The summed E-state index contributed by atoms with van der Waals surface area (Å²) in [4.78, 5) is 8.24. The van der Waals surface area contributed by atoms with E-state index in [4.69, 9.17) is 4.89 Å². The molecule has 49 valence electrons. The molecule has 0 aliphatic rings. The zero-order valence-corrected chi connectivity index (χ0v) is 8.67. The second-order valence-corrected chi connectivity index (χ2v) is 2.50. The number of hydrogen-bond acceptors (Lipinski definition) is 3. The monoisotopic (exact) mass is 307 g/mol. The topological polar surface area (TPSA) is 55.8 Å². The Morgan fingerprint density at radius 1 is 1.38 bits per heavy atom. The van der Waals surface area contributed by atoms with E-state index >= 15 is 0 Å². The Morgan fingerprint density at radius 3 is 1.62 bits per heavy atom. The van der Waals surface area contributed by atoms with Gasteiger partial charge in [-0.3, -0.25) is 9.05 Å². The van der Waals surface area contributed by atoms with Crippen LogP contribution in [0.15, 0.2) is 0 Å². The van der Waals surface area contributed by atoms with Crippen molar-refractivity contribution in [2.45, 2.75) is 0 Å². The Hall–Kier alpha value is 0.850. The van der Waals surface area contributed by atoms with Gasteiger partial charge in [-0.1, -0.05) is 0 Å². The maximum atomic E-state index is 10.1. The van der Waals surface area contributed by atoms with E-state index in [1.54, 1.807) is 0 Å². The van der Waals surface area contributed by atoms with Gasteiger partial charge in [0.1, 0.15) is 0 Å². The van der Waals surface area contributed by atoms with Gasteiger partial charge >= 0.3 is 7.82 Å². The van der Waals surface area contributed by atoms with Crippen LogP contribution in [0.4, 0.5) is 0 Å². The second-order valence-electron chi connectivity index (χ2n) is 0.834. The van der Waals surface area contributed by atoms with Crippen molar-refractivity contribution in [3.8, 4) is 0 Å². The van der Waals surface area contributed by atoms with E-state index in [0.29, 0.717) is 0 Å². The van der Waals surface area contributed by atoms with E-state index in [1.165, 1.54) is 0 Å². The van der Waals surface area contributed by atoms with Crippen LogP contribution in [0, 0.1) is 0 Å². The molecule has 0 aliphatic heterocycles. The van der Waals surface area contributed by atoms with E-state index in [9.17, 15) is 4.57 Å². The van der Waals surface area contributed by atoms with Crippen molar-refractivity contribution >= 4 is 7.82 Å². The molecule has 8 heavy (non-hydrogen) atoms. The van der Waals surface area contributed by atoms with Gasteiger partial charge in [0.05, 0.1) is 0 Å². The molecule has 0 aliphatic carbocycles. The van der Waals surface area contributed by atoms with Crippen LogP contribution < -0.4 is 0 Å². The summed E-state index contributed by atoms with van der Waals surface area (Å²) in [5.74, 6) is 0. The van der Waals surface area contributed by atoms with Crippen LogP contribution in [-0.4, -0.2) is 19.1 Å². The zero-order valence-electron chi connectivity index (χ0n) is 4.57. The molecule has 0 bridgehead atoms. The molecule has 1 radical (unpaired) electrons. The van der Waals surface area contributed by atoms with Crippen LogP contribution >= 0.6 is 7.82 Å². The zero-order chi connectivity index (χ0) is 5.91.